The molecule has 0 spiro atoms. The number of amides is 2. The highest BCUT2D eigenvalue weighted by molar-refractivity contribution is 5.94. The lowest BCUT2D eigenvalue weighted by atomic mass is 9.62. The van der Waals surface area contributed by atoms with E-state index in [9.17, 15) is 29.4 Å². The number of aliphatic hydroxyl groups is 1. The third kappa shape index (κ3) is 8.16. The van der Waals surface area contributed by atoms with E-state index >= 15 is 0 Å². The Morgan fingerprint density at radius 3 is 2.65 bits per heavy atom. The maximum absolute atomic E-state index is 14.2. The molecule has 4 fully saturated rings. The SMILES string of the molecule is CC(C)(C)OC(=O)CCC(CO)NC(=O)CCNC(=O)C12CC3OC(=O)C1N(Cc1cccc(C=CCc4ccccc4O)c1)OC2C1OCOC31. The number of ether oxygens (including phenoxy) is 4. The van der Waals surface area contributed by atoms with Gasteiger partial charge in [-0.2, -0.15) is 5.06 Å². The summed E-state index contributed by atoms with van der Waals surface area (Å²) in [4.78, 5) is 59.2. The second-order valence-electron chi connectivity index (χ2n) is 14.7. The van der Waals surface area contributed by atoms with Gasteiger partial charge in [-0.05, 0) is 56.4 Å². The fourth-order valence-corrected chi connectivity index (χ4v) is 7.46. The molecular weight excluding hydrogens is 674 g/mol. The second kappa shape index (κ2) is 15.7. The minimum atomic E-state index is -1.37. The van der Waals surface area contributed by atoms with Gasteiger partial charge in [0.15, 0.2) is 6.04 Å². The van der Waals surface area contributed by atoms with Gasteiger partial charge in [0.2, 0.25) is 11.8 Å². The first-order valence-corrected chi connectivity index (χ1v) is 17.7. The van der Waals surface area contributed by atoms with Crippen molar-refractivity contribution in [2.45, 2.75) is 102 Å². The molecular formula is C38H47N3O11. The molecule has 280 valence electrons. The number of hydroxylamine groups is 2. The maximum Gasteiger partial charge on any atom is 0.327 e. The quantitative estimate of drug-likeness (QED) is 0.209. The van der Waals surface area contributed by atoms with Crippen LogP contribution in [0.15, 0.2) is 54.6 Å². The van der Waals surface area contributed by atoms with Crippen molar-refractivity contribution in [2.75, 3.05) is 19.9 Å². The number of carbonyl (C=O) groups excluding carboxylic acids is 4. The van der Waals surface area contributed by atoms with Gasteiger partial charge >= 0.3 is 11.9 Å². The zero-order valence-corrected chi connectivity index (χ0v) is 29.6. The molecule has 1 saturated carbocycles. The van der Waals surface area contributed by atoms with Gasteiger partial charge in [0.25, 0.3) is 0 Å². The number of rotatable bonds is 14. The molecule has 7 atom stereocenters. The summed E-state index contributed by atoms with van der Waals surface area (Å²) >= 11 is 0. The Labute approximate surface area is 302 Å². The molecule has 14 nitrogen and oxygen atoms in total. The number of hydrogen-bond acceptors (Lipinski definition) is 12. The molecule has 52 heavy (non-hydrogen) atoms. The zero-order chi connectivity index (χ0) is 37.0. The van der Waals surface area contributed by atoms with Crippen molar-refractivity contribution in [1.82, 2.24) is 15.7 Å². The van der Waals surface area contributed by atoms with Gasteiger partial charge in [-0.25, -0.2) is 0 Å². The van der Waals surface area contributed by atoms with Crippen LogP contribution in [0, 0.1) is 5.41 Å². The summed E-state index contributed by atoms with van der Waals surface area (Å²) in [5, 5.41) is 26.9. The van der Waals surface area contributed by atoms with E-state index in [1.54, 1.807) is 32.9 Å². The van der Waals surface area contributed by atoms with Crippen LogP contribution in [0.2, 0.25) is 0 Å². The number of fused-ring (bicyclic) bond motifs is 4. The van der Waals surface area contributed by atoms with Crippen LogP contribution in [-0.2, 0) is 55.9 Å². The summed E-state index contributed by atoms with van der Waals surface area (Å²) in [7, 11) is 0. The van der Waals surface area contributed by atoms with Crippen molar-refractivity contribution in [3.05, 3.63) is 71.3 Å². The Hall–Kier alpha value is -4.34. The Bertz CT molecular complexity index is 1680. The van der Waals surface area contributed by atoms with E-state index in [2.05, 4.69) is 10.6 Å². The number of allylic oxidation sites excluding steroid dienone is 1. The standard InChI is InChI=1S/C38H47N3O11/c1-37(2,3)51-30(45)15-14-26(21-42)40-29(44)16-17-39-36(47)38-19-28-31-32(49-22-48-31)34(38)52-41(33(38)35(46)50-28)20-24-10-6-8-23(18-24)9-7-12-25-11-4-5-13-27(25)43/h4-11,13,18,26,28,31-34,42-43H,12,14-17,19-22H2,1-3H3,(H,39,47)(H,40,44). The van der Waals surface area contributed by atoms with E-state index in [1.165, 1.54) is 5.06 Å². The molecule has 0 radical (unpaired) electrons. The normalized spacial score (nSPS) is 27.2. The largest absolute Gasteiger partial charge is 0.508 e. The van der Waals surface area contributed by atoms with Crippen molar-refractivity contribution in [2.24, 2.45) is 5.41 Å². The van der Waals surface area contributed by atoms with Gasteiger partial charge in [-0.15, -0.1) is 0 Å². The van der Waals surface area contributed by atoms with Gasteiger partial charge in [-0.1, -0.05) is 54.6 Å². The van der Waals surface area contributed by atoms with E-state index in [0.29, 0.717) is 6.42 Å². The van der Waals surface area contributed by atoms with Crippen molar-refractivity contribution in [1.29, 1.82) is 0 Å². The summed E-state index contributed by atoms with van der Waals surface area (Å²) in [6.07, 6.45) is 1.90. The number of hydrogen-bond donors (Lipinski definition) is 4. The Kier molecular flexibility index (Phi) is 11.3. The van der Waals surface area contributed by atoms with E-state index in [4.69, 9.17) is 23.8 Å². The number of phenolic OH excluding ortho intramolecular Hbond substituents is 1. The molecule has 0 aromatic heterocycles. The molecule has 6 rings (SSSR count). The predicted octanol–water partition coefficient (Wildman–Crippen LogP) is 2.29. The molecule has 2 aromatic carbocycles. The van der Waals surface area contributed by atoms with Gasteiger partial charge in [0, 0.05) is 25.8 Å². The predicted molar refractivity (Wildman–Crippen MR) is 185 cm³/mol. The molecule has 4 N–H and O–H groups in total. The third-order valence-corrected chi connectivity index (χ3v) is 9.76. The Morgan fingerprint density at radius 2 is 1.88 bits per heavy atom. The van der Waals surface area contributed by atoms with E-state index < -0.39 is 71.3 Å². The first kappa shape index (κ1) is 37.4. The van der Waals surface area contributed by atoms with E-state index in [0.717, 1.165) is 16.7 Å². The van der Waals surface area contributed by atoms with E-state index in [1.807, 2.05) is 48.6 Å². The molecule has 3 aliphatic heterocycles. The van der Waals surface area contributed by atoms with Crippen LogP contribution < -0.4 is 10.6 Å². The topological polar surface area (TPSA) is 182 Å². The number of benzene rings is 2. The van der Waals surface area contributed by atoms with Crippen molar-refractivity contribution < 1.29 is 53.2 Å². The minimum Gasteiger partial charge on any atom is -0.508 e. The third-order valence-electron chi connectivity index (χ3n) is 9.76. The molecule has 2 aromatic rings. The lowest BCUT2D eigenvalue weighted by Crippen LogP contribution is -2.69. The zero-order valence-electron chi connectivity index (χ0n) is 29.6. The highest BCUT2D eigenvalue weighted by Crippen LogP contribution is 2.55. The van der Waals surface area contributed by atoms with Crippen LogP contribution in [0.3, 0.4) is 0 Å². The highest BCUT2D eigenvalue weighted by Gasteiger charge is 2.74. The summed E-state index contributed by atoms with van der Waals surface area (Å²) in [6.45, 7) is 5.01. The first-order chi connectivity index (χ1) is 24.9. The van der Waals surface area contributed by atoms with Crippen LogP contribution in [0.25, 0.3) is 6.08 Å². The van der Waals surface area contributed by atoms with Crippen LogP contribution in [-0.4, -0.2) is 101 Å². The Balaban J connectivity index is 1.11. The van der Waals surface area contributed by atoms with Crippen molar-refractivity contribution in [3.63, 3.8) is 0 Å². The Morgan fingerprint density at radius 1 is 1.10 bits per heavy atom. The first-order valence-electron chi connectivity index (χ1n) is 17.7. The monoisotopic (exact) mass is 721 g/mol. The second-order valence-corrected chi connectivity index (χ2v) is 14.7. The van der Waals surface area contributed by atoms with Gasteiger partial charge in [-0.3, -0.25) is 24.0 Å². The number of phenols is 1. The lowest BCUT2D eigenvalue weighted by molar-refractivity contribution is -0.201. The molecule has 2 bridgehead atoms. The summed E-state index contributed by atoms with van der Waals surface area (Å²) in [5.74, 6) is -1.68. The fourth-order valence-electron chi connectivity index (χ4n) is 7.46. The molecule has 14 heteroatoms. The number of aliphatic hydroxyl groups excluding tert-OH is 1. The molecule has 2 amide bonds. The van der Waals surface area contributed by atoms with Crippen LogP contribution in [0.4, 0.5) is 0 Å². The average Bonchev–Trinajstić information content (AvgIpc) is 3.72. The number of aromatic hydroxyl groups is 1. The molecule has 4 aliphatic rings. The summed E-state index contributed by atoms with van der Waals surface area (Å²) < 4.78 is 22.8. The van der Waals surface area contributed by atoms with Crippen LogP contribution in [0.5, 0.6) is 5.75 Å². The van der Waals surface area contributed by atoms with Gasteiger partial charge in [0.1, 0.15) is 48.0 Å². The lowest BCUT2D eigenvalue weighted by Gasteiger charge is -2.48. The molecule has 3 heterocycles. The van der Waals surface area contributed by atoms with Gasteiger partial charge < -0.3 is 39.8 Å². The molecule has 7 unspecified atom stereocenters. The fraction of sp³-hybridized carbons (Fsp3) is 0.526. The van der Waals surface area contributed by atoms with Crippen LogP contribution >= 0.6 is 0 Å². The molecule has 3 saturated heterocycles. The van der Waals surface area contributed by atoms with Crippen molar-refractivity contribution in [3.8, 4) is 5.75 Å². The molecule has 1 aliphatic carbocycles. The number of nitrogens with zero attached hydrogens (tertiary/aromatic N) is 1. The van der Waals surface area contributed by atoms with Crippen LogP contribution in [0.1, 0.15) is 63.1 Å². The number of para-hydroxylation sites is 1. The highest BCUT2D eigenvalue weighted by atomic mass is 16.8. The van der Waals surface area contributed by atoms with E-state index in [-0.39, 0.29) is 57.9 Å². The number of esters is 2. The maximum atomic E-state index is 14.2. The number of carbonyl (C=O) groups is 4. The average molecular weight is 722 g/mol. The summed E-state index contributed by atoms with van der Waals surface area (Å²) in [5.41, 5.74) is 0.528. The smallest absolute Gasteiger partial charge is 0.327 e. The van der Waals surface area contributed by atoms with Crippen molar-refractivity contribution >= 4 is 29.8 Å². The summed E-state index contributed by atoms with van der Waals surface area (Å²) in [6, 6.07) is 13.1. The number of nitrogens with one attached hydrogen (secondary N) is 2. The minimum absolute atomic E-state index is 0.0210. The van der Waals surface area contributed by atoms with Gasteiger partial charge in [0.05, 0.1) is 19.2 Å².